The maximum Gasteiger partial charge on any atom is 0.228 e. The lowest BCUT2D eigenvalue weighted by Gasteiger charge is -2.43. The molecule has 1 atom stereocenters. The summed E-state index contributed by atoms with van der Waals surface area (Å²) in [6.45, 7) is 1.86. The van der Waals surface area contributed by atoms with Crippen LogP contribution < -0.4 is 0 Å². The predicted molar refractivity (Wildman–Crippen MR) is 118 cm³/mol. The smallest absolute Gasteiger partial charge is 0.228 e. The van der Waals surface area contributed by atoms with Crippen molar-refractivity contribution in [2.24, 2.45) is 10.8 Å². The van der Waals surface area contributed by atoms with Gasteiger partial charge in [-0.2, -0.15) is 0 Å². The molecule has 2 bridgehead atoms. The molecule has 162 valence electrons. The van der Waals surface area contributed by atoms with Crippen molar-refractivity contribution < 1.29 is 9.59 Å². The molecule has 1 aromatic heterocycles. The number of imidazole rings is 1. The van der Waals surface area contributed by atoms with Gasteiger partial charge < -0.3 is 9.47 Å². The molecule has 0 radical (unpaired) electrons. The zero-order chi connectivity index (χ0) is 21.1. The highest BCUT2D eigenvalue weighted by atomic mass is 16.2. The number of rotatable bonds is 4. The molecule has 1 aromatic carbocycles. The number of nitrogens with zero attached hydrogens (tertiary/aromatic N) is 3. The summed E-state index contributed by atoms with van der Waals surface area (Å²) in [6.07, 6.45) is 13.1. The molecular formula is C26H31N3O2. The van der Waals surface area contributed by atoms with Gasteiger partial charge >= 0.3 is 0 Å². The Kier molecular flexibility index (Phi) is 4.38. The fraction of sp³-hybridized carbons (Fsp3) is 0.577. The van der Waals surface area contributed by atoms with E-state index in [0.29, 0.717) is 18.1 Å². The summed E-state index contributed by atoms with van der Waals surface area (Å²) >= 11 is 0. The summed E-state index contributed by atoms with van der Waals surface area (Å²) in [6, 6.07) is 8.47. The Bertz CT molecular complexity index is 1020. The molecular weight excluding hydrogens is 386 g/mol. The van der Waals surface area contributed by atoms with Crippen molar-refractivity contribution in [1.29, 1.82) is 0 Å². The van der Waals surface area contributed by atoms with Crippen LogP contribution in [0, 0.1) is 10.8 Å². The first-order valence-electron chi connectivity index (χ1n) is 12.1. The molecule has 2 aliphatic heterocycles. The summed E-state index contributed by atoms with van der Waals surface area (Å²) in [7, 11) is 0. The lowest BCUT2D eigenvalue weighted by Crippen LogP contribution is -2.46. The number of carbonyl (C=O) groups excluding carboxylic acids is 2. The van der Waals surface area contributed by atoms with Gasteiger partial charge in [0.1, 0.15) is 5.78 Å². The minimum absolute atomic E-state index is 0.0525. The maximum atomic E-state index is 13.8. The number of hydrogen-bond acceptors (Lipinski definition) is 3. The SMILES string of the molecule is O=C(CC1c2ccccc2-c2cncn21)C12CCCC(C(=O)N3CCCC3)(CC1)CC2. The molecule has 3 saturated carbocycles. The van der Waals surface area contributed by atoms with Crippen molar-refractivity contribution >= 4 is 11.7 Å². The fourth-order valence-electron chi connectivity index (χ4n) is 7.00. The lowest BCUT2D eigenvalue weighted by molar-refractivity contribution is -0.146. The van der Waals surface area contributed by atoms with Crippen molar-refractivity contribution in [3.63, 3.8) is 0 Å². The molecule has 4 fully saturated rings. The Balaban J connectivity index is 1.23. The number of hydrogen-bond donors (Lipinski definition) is 0. The Morgan fingerprint density at radius 2 is 1.65 bits per heavy atom. The topological polar surface area (TPSA) is 55.2 Å². The molecule has 1 saturated heterocycles. The third-order valence-corrected chi connectivity index (χ3v) is 8.89. The summed E-state index contributed by atoms with van der Waals surface area (Å²) < 4.78 is 2.18. The Labute approximate surface area is 183 Å². The van der Waals surface area contributed by atoms with Gasteiger partial charge in [0.05, 0.1) is 24.3 Å². The molecule has 3 aliphatic carbocycles. The number of amides is 1. The normalized spacial score (nSPS) is 31.4. The number of benzene rings is 1. The molecule has 5 nitrogen and oxygen atoms in total. The van der Waals surface area contributed by atoms with E-state index in [1.54, 1.807) is 0 Å². The average molecular weight is 418 g/mol. The van der Waals surface area contributed by atoms with Gasteiger partial charge in [-0.1, -0.05) is 30.7 Å². The number of ketones is 1. The van der Waals surface area contributed by atoms with E-state index in [1.165, 1.54) is 11.1 Å². The van der Waals surface area contributed by atoms with Crippen LogP contribution in [0.1, 0.15) is 75.8 Å². The van der Waals surface area contributed by atoms with Crippen LogP contribution in [0.3, 0.4) is 0 Å². The Hall–Kier alpha value is -2.43. The van der Waals surface area contributed by atoms with E-state index >= 15 is 0 Å². The molecule has 3 heterocycles. The van der Waals surface area contributed by atoms with Crippen molar-refractivity contribution in [1.82, 2.24) is 14.5 Å². The van der Waals surface area contributed by atoms with E-state index in [9.17, 15) is 9.59 Å². The second-order valence-corrected chi connectivity index (χ2v) is 10.3. The highest BCUT2D eigenvalue weighted by Crippen LogP contribution is 2.56. The quantitative estimate of drug-likeness (QED) is 0.720. The third-order valence-electron chi connectivity index (χ3n) is 8.89. The maximum absolute atomic E-state index is 13.8. The van der Waals surface area contributed by atoms with Crippen LogP contribution >= 0.6 is 0 Å². The molecule has 5 aliphatic rings. The highest BCUT2D eigenvalue weighted by molar-refractivity contribution is 5.88. The number of likely N-dealkylation sites (tertiary alicyclic amines) is 1. The van der Waals surface area contributed by atoms with E-state index in [1.807, 2.05) is 12.5 Å². The second-order valence-electron chi connectivity index (χ2n) is 10.3. The summed E-state index contributed by atoms with van der Waals surface area (Å²) in [5, 5.41) is 0. The molecule has 5 heteroatoms. The van der Waals surface area contributed by atoms with Crippen LogP contribution in [0.4, 0.5) is 0 Å². The van der Waals surface area contributed by atoms with Crippen LogP contribution in [0.15, 0.2) is 36.8 Å². The molecule has 0 spiro atoms. The molecule has 31 heavy (non-hydrogen) atoms. The number of aromatic nitrogens is 2. The first-order chi connectivity index (χ1) is 15.1. The van der Waals surface area contributed by atoms with Gasteiger partial charge in [0, 0.05) is 35.9 Å². The summed E-state index contributed by atoms with van der Waals surface area (Å²) in [5.41, 5.74) is 3.14. The van der Waals surface area contributed by atoms with Gasteiger partial charge in [-0.25, -0.2) is 4.98 Å². The third kappa shape index (κ3) is 2.85. The van der Waals surface area contributed by atoms with Gasteiger partial charge in [0.2, 0.25) is 5.91 Å². The van der Waals surface area contributed by atoms with Gasteiger partial charge in [-0.3, -0.25) is 9.59 Å². The van der Waals surface area contributed by atoms with Crippen molar-refractivity contribution in [3.05, 3.63) is 42.4 Å². The van der Waals surface area contributed by atoms with Crippen LogP contribution in [0.25, 0.3) is 11.3 Å². The first kappa shape index (κ1) is 19.3. The van der Waals surface area contributed by atoms with Gasteiger partial charge in [0.15, 0.2) is 0 Å². The monoisotopic (exact) mass is 417 g/mol. The molecule has 7 rings (SSSR count). The summed E-state index contributed by atoms with van der Waals surface area (Å²) in [4.78, 5) is 33.6. The van der Waals surface area contributed by atoms with Gasteiger partial charge in [-0.05, 0) is 56.9 Å². The van der Waals surface area contributed by atoms with Crippen molar-refractivity contribution in [2.45, 2.75) is 70.3 Å². The molecule has 0 N–H and O–H groups in total. The fourth-order valence-corrected chi connectivity index (χ4v) is 7.00. The molecule has 2 aromatic rings. The number of carbonyl (C=O) groups is 2. The summed E-state index contributed by atoms with van der Waals surface area (Å²) in [5.74, 6) is 0.790. The average Bonchev–Trinajstić information content (AvgIpc) is 3.49. The minimum Gasteiger partial charge on any atom is -0.342 e. The van der Waals surface area contributed by atoms with Crippen LogP contribution in [-0.2, 0) is 9.59 Å². The van der Waals surface area contributed by atoms with Crippen LogP contribution in [0.5, 0.6) is 0 Å². The second kappa shape index (κ2) is 7.04. The largest absolute Gasteiger partial charge is 0.342 e. The molecule has 1 unspecified atom stereocenters. The van der Waals surface area contributed by atoms with E-state index in [4.69, 9.17) is 0 Å². The number of Topliss-reactive ketones (excluding diaryl/α,β-unsaturated/α-hetero) is 1. The van der Waals surface area contributed by atoms with Crippen molar-refractivity contribution in [2.75, 3.05) is 13.1 Å². The van der Waals surface area contributed by atoms with Crippen LogP contribution in [-0.4, -0.2) is 39.2 Å². The van der Waals surface area contributed by atoms with E-state index in [2.05, 4.69) is 38.7 Å². The van der Waals surface area contributed by atoms with Crippen LogP contribution in [0.2, 0.25) is 0 Å². The molecule has 1 amide bonds. The standard InChI is InChI=1S/C26H31N3O2/c30-23(16-21-19-6-1-2-7-20(19)22-17-27-18-29(21)22)25-8-5-9-26(12-10-25,13-11-25)24(31)28-14-3-4-15-28/h1-2,6-7,17-18,21H,3-5,8-16H2. The lowest BCUT2D eigenvalue weighted by atomic mass is 9.62. The van der Waals surface area contributed by atoms with E-state index < -0.39 is 0 Å². The van der Waals surface area contributed by atoms with Crippen molar-refractivity contribution in [3.8, 4) is 11.3 Å². The van der Waals surface area contributed by atoms with E-state index in [0.717, 1.165) is 76.6 Å². The highest BCUT2D eigenvalue weighted by Gasteiger charge is 2.53. The number of fused-ring (bicyclic) bond motifs is 7. The predicted octanol–water partition coefficient (Wildman–Crippen LogP) is 4.77. The zero-order valence-corrected chi connectivity index (χ0v) is 18.2. The van der Waals surface area contributed by atoms with Gasteiger partial charge in [-0.15, -0.1) is 0 Å². The Morgan fingerprint density at radius 1 is 0.935 bits per heavy atom. The first-order valence-corrected chi connectivity index (χ1v) is 12.1. The zero-order valence-electron chi connectivity index (χ0n) is 18.2. The minimum atomic E-state index is -0.233. The Morgan fingerprint density at radius 3 is 2.45 bits per heavy atom. The van der Waals surface area contributed by atoms with Gasteiger partial charge in [0.25, 0.3) is 0 Å². The van der Waals surface area contributed by atoms with E-state index in [-0.39, 0.29) is 16.9 Å².